The number of hydrogen-bond donors (Lipinski definition) is 1. The van der Waals surface area contributed by atoms with Gasteiger partial charge < -0.3 is 0 Å². The molecule has 5 heteroatoms. The lowest BCUT2D eigenvalue weighted by atomic mass is 10.4. The molecular weight excluding hydrogens is 200 g/mol. The SMILES string of the molecule is CC#CCCNS(=O)(=O)C(C#N)CC. The van der Waals surface area contributed by atoms with E-state index in [9.17, 15) is 8.42 Å². The summed E-state index contributed by atoms with van der Waals surface area (Å²) in [6, 6.07) is 1.75. The second kappa shape index (κ2) is 6.42. The molecule has 0 bridgehead atoms. The van der Waals surface area contributed by atoms with Gasteiger partial charge in [-0.25, -0.2) is 13.1 Å². The Bertz CT molecular complexity index is 356. The quantitative estimate of drug-likeness (QED) is 0.539. The van der Waals surface area contributed by atoms with Crippen LogP contribution in [-0.2, 0) is 10.0 Å². The van der Waals surface area contributed by atoms with Crippen molar-refractivity contribution < 1.29 is 8.42 Å². The zero-order valence-electron chi connectivity index (χ0n) is 8.37. The van der Waals surface area contributed by atoms with Crippen molar-refractivity contribution in [3.8, 4) is 17.9 Å². The van der Waals surface area contributed by atoms with E-state index < -0.39 is 15.3 Å². The Kier molecular flexibility index (Phi) is 5.94. The molecule has 1 atom stereocenters. The molecule has 0 saturated carbocycles. The topological polar surface area (TPSA) is 70.0 Å². The maximum absolute atomic E-state index is 11.4. The van der Waals surface area contributed by atoms with E-state index in [1.807, 2.05) is 0 Å². The normalized spacial score (nSPS) is 12.4. The van der Waals surface area contributed by atoms with Gasteiger partial charge in [0.25, 0.3) is 0 Å². The van der Waals surface area contributed by atoms with E-state index in [-0.39, 0.29) is 6.54 Å². The van der Waals surface area contributed by atoms with E-state index in [2.05, 4.69) is 16.6 Å². The number of nitrogens with one attached hydrogen (secondary N) is 1. The Balaban J connectivity index is 4.20. The standard InChI is InChI=1S/C9H14N2O2S/c1-3-5-6-7-11-14(12,13)9(4-2)8-10/h9,11H,4,6-7H2,1-2H3. The lowest BCUT2D eigenvalue weighted by Gasteiger charge is -2.08. The summed E-state index contributed by atoms with van der Waals surface area (Å²) >= 11 is 0. The average Bonchev–Trinajstić information content (AvgIpc) is 2.14. The minimum absolute atomic E-state index is 0.265. The zero-order valence-corrected chi connectivity index (χ0v) is 9.19. The molecule has 14 heavy (non-hydrogen) atoms. The molecule has 78 valence electrons. The summed E-state index contributed by atoms with van der Waals surface area (Å²) in [4.78, 5) is 0. The van der Waals surface area contributed by atoms with Crippen molar-refractivity contribution in [3.63, 3.8) is 0 Å². The van der Waals surface area contributed by atoms with E-state index in [1.54, 1.807) is 19.9 Å². The van der Waals surface area contributed by atoms with Crippen LogP contribution in [0.2, 0.25) is 0 Å². The highest BCUT2D eigenvalue weighted by Gasteiger charge is 2.21. The first kappa shape index (κ1) is 13.0. The predicted octanol–water partition coefficient (Wildman–Crippen LogP) is 0.621. The van der Waals surface area contributed by atoms with Crippen molar-refractivity contribution in [2.75, 3.05) is 6.54 Å². The monoisotopic (exact) mass is 214 g/mol. The molecule has 0 rings (SSSR count). The van der Waals surface area contributed by atoms with Crippen LogP contribution in [0.4, 0.5) is 0 Å². The van der Waals surface area contributed by atoms with E-state index >= 15 is 0 Å². The van der Waals surface area contributed by atoms with Gasteiger partial charge in [0.1, 0.15) is 0 Å². The molecule has 0 saturated heterocycles. The minimum atomic E-state index is -3.48. The third kappa shape index (κ3) is 4.27. The second-order valence-electron chi connectivity index (χ2n) is 2.64. The fourth-order valence-electron chi connectivity index (χ4n) is 0.861. The lowest BCUT2D eigenvalue weighted by molar-refractivity contribution is 0.573. The van der Waals surface area contributed by atoms with Crippen molar-refractivity contribution in [1.29, 1.82) is 5.26 Å². The smallest absolute Gasteiger partial charge is 0.213 e. The Labute approximate surface area is 85.4 Å². The molecule has 0 spiro atoms. The molecule has 0 radical (unpaired) electrons. The summed E-state index contributed by atoms with van der Waals surface area (Å²) in [5, 5.41) is 7.61. The maximum atomic E-state index is 11.4. The van der Waals surface area contributed by atoms with Crippen LogP contribution >= 0.6 is 0 Å². The van der Waals surface area contributed by atoms with Gasteiger partial charge in [0, 0.05) is 13.0 Å². The molecule has 0 amide bonds. The van der Waals surface area contributed by atoms with Crippen LogP contribution in [0.25, 0.3) is 0 Å². The molecule has 0 fully saturated rings. The molecular formula is C9H14N2O2S. The van der Waals surface area contributed by atoms with Crippen LogP contribution < -0.4 is 4.72 Å². The second-order valence-corrected chi connectivity index (χ2v) is 4.59. The average molecular weight is 214 g/mol. The van der Waals surface area contributed by atoms with Crippen LogP contribution in [0.3, 0.4) is 0 Å². The third-order valence-corrected chi connectivity index (χ3v) is 3.41. The fourth-order valence-corrected chi connectivity index (χ4v) is 2.03. The van der Waals surface area contributed by atoms with Crippen LogP contribution in [0.15, 0.2) is 0 Å². The summed E-state index contributed by atoms with van der Waals surface area (Å²) in [7, 11) is -3.48. The van der Waals surface area contributed by atoms with Gasteiger partial charge in [-0.15, -0.1) is 11.8 Å². The van der Waals surface area contributed by atoms with Gasteiger partial charge in [-0.2, -0.15) is 5.26 Å². The highest BCUT2D eigenvalue weighted by Crippen LogP contribution is 2.01. The van der Waals surface area contributed by atoms with Crippen molar-refractivity contribution in [1.82, 2.24) is 4.72 Å². The fraction of sp³-hybridized carbons (Fsp3) is 0.667. The van der Waals surface area contributed by atoms with E-state index in [1.165, 1.54) is 0 Å². The van der Waals surface area contributed by atoms with Gasteiger partial charge in [0.05, 0.1) is 6.07 Å². The minimum Gasteiger partial charge on any atom is -0.213 e. The first-order chi connectivity index (χ1) is 6.58. The highest BCUT2D eigenvalue weighted by molar-refractivity contribution is 7.90. The molecule has 0 aromatic heterocycles. The number of hydrogen-bond acceptors (Lipinski definition) is 3. The molecule has 0 heterocycles. The van der Waals surface area contributed by atoms with Crippen molar-refractivity contribution >= 4 is 10.0 Å². The Hall–Kier alpha value is -1.04. The molecule has 0 aliphatic heterocycles. The molecule has 4 nitrogen and oxygen atoms in total. The molecule has 0 aromatic rings. The molecule has 1 unspecified atom stereocenters. The first-order valence-electron chi connectivity index (χ1n) is 4.36. The summed E-state index contributed by atoms with van der Waals surface area (Å²) in [6.07, 6.45) is 0.767. The van der Waals surface area contributed by atoms with Gasteiger partial charge in [-0.1, -0.05) is 6.92 Å². The van der Waals surface area contributed by atoms with Crippen LogP contribution in [-0.4, -0.2) is 20.2 Å². The van der Waals surface area contributed by atoms with E-state index in [0.717, 1.165) is 0 Å². The van der Waals surface area contributed by atoms with E-state index in [0.29, 0.717) is 12.8 Å². The number of nitrogens with zero attached hydrogens (tertiary/aromatic N) is 1. The third-order valence-electron chi connectivity index (χ3n) is 1.62. The summed E-state index contributed by atoms with van der Waals surface area (Å²) in [6.45, 7) is 3.62. The van der Waals surface area contributed by atoms with Crippen LogP contribution in [0.1, 0.15) is 26.7 Å². The Morgan fingerprint density at radius 1 is 1.50 bits per heavy atom. The summed E-state index contributed by atoms with van der Waals surface area (Å²) in [5.74, 6) is 5.40. The highest BCUT2D eigenvalue weighted by atomic mass is 32.2. The van der Waals surface area contributed by atoms with Crippen molar-refractivity contribution in [2.45, 2.75) is 31.9 Å². The van der Waals surface area contributed by atoms with Gasteiger partial charge in [0.15, 0.2) is 5.25 Å². The number of sulfonamides is 1. The maximum Gasteiger partial charge on any atom is 0.227 e. The molecule has 0 aliphatic carbocycles. The van der Waals surface area contributed by atoms with Crippen molar-refractivity contribution in [3.05, 3.63) is 0 Å². The van der Waals surface area contributed by atoms with Gasteiger partial charge >= 0.3 is 0 Å². The Morgan fingerprint density at radius 3 is 2.57 bits per heavy atom. The molecule has 0 aromatic carbocycles. The van der Waals surface area contributed by atoms with Gasteiger partial charge in [0.2, 0.25) is 10.0 Å². The number of nitriles is 1. The van der Waals surface area contributed by atoms with Crippen LogP contribution in [0.5, 0.6) is 0 Å². The lowest BCUT2D eigenvalue weighted by Crippen LogP contribution is -2.33. The molecule has 0 aliphatic rings. The zero-order chi connectivity index (χ0) is 11.0. The largest absolute Gasteiger partial charge is 0.227 e. The van der Waals surface area contributed by atoms with Crippen molar-refractivity contribution in [2.24, 2.45) is 0 Å². The Morgan fingerprint density at radius 2 is 2.14 bits per heavy atom. The molecule has 1 N–H and O–H groups in total. The predicted molar refractivity (Wildman–Crippen MR) is 54.7 cm³/mol. The summed E-state index contributed by atoms with van der Waals surface area (Å²) in [5.41, 5.74) is 0. The van der Waals surface area contributed by atoms with Crippen LogP contribution in [0, 0.1) is 23.2 Å². The van der Waals surface area contributed by atoms with E-state index in [4.69, 9.17) is 5.26 Å². The number of rotatable bonds is 5. The van der Waals surface area contributed by atoms with Gasteiger partial charge in [-0.05, 0) is 13.3 Å². The van der Waals surface area contributed by atoms with Gasteiger partial charge in [-0.3, -0.25) is 0 Å². The summed E-state index contributed by atoms with van der Waals surface area (Å²) < 4.78 is 25.1. The first-order valence-corrected chi connectivity index (χ1v) is 5.90.